The summed E-state index contributed by atoms with van der Waals surface area (Å²) >= 11 is 13.9. The minimum atomic E-state index is -1.16. The van der Waals surface area contributed by atoms with Gasteiger partial charge in [-0.3, -0.25) is 4.84 Å². The summed E-state index contributed by atoms with van der Waals surface area (Å²) in [6, 6.07) is 12.1. The molecule has 0 N–H and O–H groups in total. The largest absolute Gasteiger partial charge is 0.491 e. The predicted molar refractivity (Wildman–Crippen MR) is 144 cm³/mol. The van der Waals surface area contributed by atoms with E-state index in [4.69, 9.17) is 37.4 Å². The van der Waals surface area contributed by atoms with Crippen LogP contribution in [0.2, 0.25) is 10.0 Å². The first kappa shape index (κ1) is 27.2. The molecule has 0 radical (unpaired) electrons. The minimum absolute atomic E-state index is 0.0573. The molecule has 39 heavy (non-hydrogen) atoms. The number of thioether (sulfide) groups is 1. The number of ether oxygens (including phenoxy) is 3. The Balaban J connectivity index is 1.30. The van der Waals surface area contributed by atoms with Crippen molar-refractivity contribution in [3.05, 3.63) is 93.1 Å². The van der Waals surface area contributed by atoms with Crippen LogP contribution in [0.1, 0.15) is 5.56 Å². The quantitative estimate of drug-likeness (QED) is 0.104. The Kier molecular flexibility index (Phi) is 8.19. The topological polar surface area (TPSA) is 124 Å². The predicted octanol–water partition coefficient (Wildman–Crippen LogP) is 5.29. The molecule has 0 amide bonds. The van der Waals surface area contributed by atoms with Crippen LogP contribution in [0.3, 0.4) is 0 Å². The van der Waals surface area contributed by atoms with E-state index in [9.17, 15) is 10.1 Å². The first-order valence-corrected chi connectivity index (χ1v) is 13.5. The number of benzene rings is 2. The van der Waals surface area contributed by atoms with Gasteiger partial charge < -0.3 is 18.8 Å². The van der Waals surface area contributed by atoms with Gasteiger partial charge in [-0.2, -0.15) is 0 Å². The molecular formula is C25H21Cl2N5O6S. The van der Waals surface area contributed by atoms with Gasteiger partial charge in [0.05, 0.1) is 30.7 Å². The Morgan fingerprint density at radius 3 is 2.77 bits per heavy atom. The zero-order chi connectivity index (χ0) is 27.4. The molecule has 14 heteroatoms. The molecule has 0 saturated carbocycles. The van der Waals surface area contributed by atoms with Crippen molar-refractivity contribution in [1.29, 1.82) is 0 Å². The van der Waals surface area contributed by atoms with Gasteiger partial charge in [-0.15, -0.1) is 10.1 Å². The fraction of sp³-hybridized carbons (Fsp3) is 0.240. The Hall–Kier alpha value is -3.42. The lowest BCUT2D eigenvalue weighted by molar-refractivity contribution is -0.711. The van der Waals surface area contributed by atoms with Gasteiger partial charge in [-0.1, -0.05) is 41.0 Å². The van der Waals surface area contributed by atoms with E-state index in [0.717, 1.165) is 0 Å². The van der Waals surface area contributed by atoms with E-state index in [1.807, 2.05) is 17.0 Å². The van der Waals surface area contributed by atoms with E-state index in [0.29, 0.717) is 44.3 Å². The molecule has 202 valence electrons. The lowest BCUT2D eigenvalue weighted by atomic mass is 10.1. The van der Waals surface area contributed by atoms with Crippen molar-refractivity contribution in [2.45, 2.75) is 23.6 Å². The lowest BCUT2D eigenvalue weighted by Crippen LogP contribution is -2.34. The second kappa shape index (κ2) is 11.8. The van der Waals surface area contributed by atoms with Crippen molar-refractivity contribution in [3.8, 4) is 22.8 Å². The van der Waals surface area contributed by atoms with Crippen LogP contribution in [0.25, 0.3) is 11.3 Å². The normalized spacial score (nSPS) is 18.7. The molecule has 0 spiro atoms. The number of rotatable bonds is 10. The van der Waals surface area contributed by atoms with Crippen molar-refractivity contribution in [3.63, 3.8) is 0 Å². The Morgan fingerprint density at radius 1 is 1.26 bits per heavy atom. The van der Waals surface area contributed by atoms with Gasteiger partial charge in [-0.05, 0) is 42.7 Å². The van der Waals surface area contributed by atoms with Crippen molar-refractivity contribution in [2.24, 2.45) is 0 Å². The molecule has 1 saturated heterocycles. The summed E-state index contributed by atoms with van der Waals surface area (Å²) < 4.78 is 20.4. The van der Waals surface area contributed by atoms with Crippen LogP contribution >= 0.6 is 35.0 Å². The fourth-order valence-corrected chi connectivity index (χ4v) is 4.97. The molecule has 0 aliphatic carbocycles. The molecule has 1 aliphatic rings. The summed E-state index contributed by atoms with van der Waals surface area (Å²) in [6.07, 6.45) is 7.85. The second-order valence-electron chi connectivity index (χ2n) is 8.38. The maximum atomic E-state index is 10.9. The molecule has 2 unspecified atom stereocenters. The van der Waals surface area contributed by atoms with Crippen LogP contribution in [-0.4, -0.2) is 50.2 Å². The number of hydrogen-bond acceptors (Lipinski definition) is 10. The lowest BCUT2D eigenvalue weighted by Gasteiger charge is -2.30. The first-order valence-electron chi connectivity index (χ1n) is 11.5. The van der Waals surface area contributed by atoms with Gasteiger partial charge in [0.25, 0.3) is 5.09 Å². The number of imidazole rings is 1. The molecule has 4 aromatic rings. The van der Waals surface area contributed by atoms with E-state index < -0.39 is 17.0 Å². The maximum absolute atomic E-state index is 10.9. The number of nitrogens with zero attached hydrogens (tertiary/aromatic N) is 5. The molecule has 2 aromatic heterocycles. The molecule has 1 fully saturated rings. The second-order valence-corrected chi connectivity index (χ2v) is 10.00. The van der Waals surface area contributed by atoms with Crippen LogP contribution in [0.15, 0.2) is 72.5 Å². The van der Waals surface area contributed by atoms with Crippen LogP contribution in [0, 0.1) is 10.1 Å². The summed E-state index contributed by atoms with van der Waals surface area (Å²) in [6.45, 7) is 0.798. The summed E-state index contributed by atoms with van der Waals surface area (Å²) in [7, 11) is 0. The van der Waals surface area contributed by atoms with E-state index in [-0.39, 0.29) is 19.0 Å². The average Bonchev–Trinajstić information content (AvgIpc) is 3.58. The van der Waals surface area contributed by atoms with E-state index in [2.05, 4.69) is 19.8 Å². The Labute approximate surface area is 237 Å². The van der Waals surface area contributed by atoms with Gasteiger partial charge in [0.2, 0.25) is 5.79 Å². The molecule has 2 atom stereocenters. The summed E-state index contributed by atoms with van der Waals surface area (Å²) in [4.78, 5) is 28.1. The van der Waals surface area contributed by atoms with E-state index >= 15 is 0 Å². The summed E-state index contributed by atoms with van der Waals surface area (Å²) in [5.74, 6) is -0.650. The zero-order valence-corrected chi connectivity index (χ0v) is 22.7. The summed E-state index contributed by atoms with van der Waals surface area (Å²) in [5, 5.41) is 11.4. The fourth-order valence-electron chi connectivity index (χ4n) is 4.08. The maximum Gasteiger partial charge on any atom is 0.299 e. The number of hydrogen-bond donors (Lipinski definition) is 0. The minimum Gasteiger partial charge on any atom is -0.491 e. The molecule has 0 bridgehead atoms. The third kappa shape index (κ3) is 6.26. The van der Waals surface area contributed by atoms with Crippen molar-refractivity contribution in [2.75, 3.05) is 19.5 Å². The smallest absolute Gasteiger partial charge is 0.299 e. The molecule has 3 heterocycles. The Bertz CT molecular complexity index is 1460. The summed E-state index contributed by atoms with van der Waals surface area (Å²) in [5.41, 5.74) is 1.56. The van der Waals surface area contributed by atoms with Crippen molar-refractivity contribution in [1.82, 2.24) is 19.5 Å². The van der Waals surface area contributed by atoms with Gasteiger partial charge in [-0.25, -0.2) is 15.0 Å². The molecule has 1 aliphatic heterocycles. The highest BCUT2D eigenvalue weighted by molar-refractivity contribution is 7.98. The van der Waals surface area contributed by atoms with Crippen LogP contribution in [0.4, 0.5) is 0 Å². The van der Waals surface area contributed by atoms with Gasteiger partial charge >= 0.3 is 0 Å². The highest BCUT2D eigenvalue weighted by Crippen LogP contribution is 2.40. The van der Waals surface area contributed by atoms with Gasteiger partial charge in [0.15, 0.2) is 10.9 Å². The highest BCUT2D eigenvalue weighted by atomic mass is 35.5. The van der Waals surface area contributed by atoms with E-state index in [1.54, 1.807) is 55.0 Å². The molecular weight excluding hydrogens is 569 g/mol. The average molecular weight is 590 g/mol. The van der Waals surface area contributed by atoms with Crippen molar-refractivity contribution >= 4 is 35.0 Å². The standard InChI is InChI=1S/C25H21Cl2N5O6S/c1-39-24-29-11-22(38-32(33)34)23(30-24)16-2-5-18(6-3-16)35-12-19-13-36-25(37-19,14-31-9-8-28-15-31)20-7-4-17(26)10-21(20)27/h2-11,15,19H,12-14H2,1H3. The van der Waals surface area contributed by atoms with Crippen LogP contribution in [-0.2, 0) is 21.8 Å². The van der Waals surface area contributed by atoms with Crippen molar-refractivity contribution < 1.29 is 24.1 Å². The number of halogens is 2. The third-order valence-corrected chi connectivity index (χ3v) is 6.91. The van der Waals surface area contributed by atoms with Crippen LogP contribution in [0.5, 0.6) is 11.5 Å². The molecule has 2 aromatic carbocycles. The SMILES string of the molecule is CSc1ncc(O[N+](=O)[O-])c(-c2ccc(OCC3COC(Cn4ccnc4)(c4ccc(Cl)cc4Cl)O3)cc2)n1. The first-order chi connectivity index (χ1) is 18.8. The third-order valence-electron chi connectivity index (χ3n) is 5.80. The van der Waals surface area contributed by atoms with Crippen LogP contribution < -0.4 is 9.57 Å². The molecule has 11 nitrogen and oxygen atoms in total. The molecule has 5 rings (SSSR count). The highest BCUT2D eigenvalue weighted by Gasteiger charge is 2.45. The van der Waals surface area contributed by atoms with E-state index in [1.165, 1.54) is 18.0 Å². The van der Waals surface area contributed by atoms with Gasteiger partial charge in [0, 0.05) is 28.5 Å². The number of aromatic nitrogens is 4. The Morgan fingerprint density at radius 2 is 2.08 bits per heavy atom. The monoisotopic (exact) mass is 589 g/mol. The zero-order valence-electron chi connectivity index (χ0n) is 20.4. The van der Waals surface area contributed by atoms with Gasteiger partial charge in [0.1, 0.15) is 24.2 Å².